The van der Waals surface area contributed by atoms with Crippen LogP contribution in [0.25, 0.3) is 0 Å². The number of benzene rings is 2. The molecule has 0 bridgehead atoms. The molecule has 5 heteroatoms. The number of amides is 1. The third-order valence-electron chi connectivity index (χ3n) is 4.29. The lowest BCUT2D eigenvalue weighted by atomic mass is 10.1. The second-order valence-electron chi connectivity index (χ2n) is 5.98. The fourth-order valence-corrected chi connectivity index (χ4v) is 2.91. The van der Waals surface area contributed by atoms with Gasteiger partial charge in [0.05, 0.1) is 19.3 Å². The van der Waals surface area contributed by atoms with Gasteiger partial charge >= 0.3 is 0 Å². The van der Waals surface area contributed by atoms with Gasteiger partial charge < -0.3 is 14.4 Å². The maximum absolute atomic E-state index is 12.7. The largest absolute Gasteiger partial charge is 0.497 e. The summed E-state index contributed by atoms with van der Waals surface area (Å²) in [5.41, 5.74) is 2.31. The first-order valence-electron chi connectivity index (χ1n) is 8.29. The molecule has 1 heterocycles. The first-order chi connectivity index (χ1) is 12.1. The normalized spacial score (nSPS) is 13.0. The van der Waals surface area contributed by atoms with Crippen LogP contribution in [-0.4, -0.2) is 32.0 Å². The van der Waals surface area contributed by atoms with E-state index in [2.05, 4.69) is 0 Å². The van der Waals surface area contributed by atoms with Gasteiger partial charge in [0.2, 0.25) is 5.91 Å². The second kappa shape index (κ2) is 7.38. The van der Waals surface area contributed by atoms with Crippen LogP contribution >= 0.6 is 0 Å². The van der Waals surface area contributed by atoms with Gasteiger partial charge in [-0.3, -0.25) is 9.59 Å². The van der Waals surface area contributed by atoms with Crippen LogP contribution in [0.1, 0.15) is 29.3 Å². The molecule has 1 aliphatic heterocycles. The van der Waals surface area contributed by atoms with Crippen LogP contribution in [-0.2, 0) is 11.2 Å². The van der Waals surface area contributed by atoms with Crippen LogP contribution in [0, 0.1) is 0 Å². The van der Waals surface area contributed by atoms with Crippen LogP contribution in [0.3, 0.4) is 0 Å². The van der Waals surface area contributed by atoms with Crippen molar-refractivity contribution in [2.45, 2.75) is 19.8 Å². The highest BCUT2D eigenvalue weighted by Gasteiger charge is 2.24. The van der Waals surface area contributed by atoms with E-state index in [1.165, 1.54) is 6.92 Å². The first-order valence-corrected chi connectivity index (χ1v) is 8.29. The summed E-state index contributed by atoms with van der Waals surface area (Å²) in [6, 6.07) is 12.9. The molecule has 130 valence electrons. The minimum atomic E-state index is -0.0304. The quantitative estimate of drug-likeness (QED) is 0.785. The van der Waals surface area contributed by atoms with E-state index in [-0.39, 0.29) is 11.7 Å². The molecule has 5 nitrogen and oxygen atoms in total. The molecular formula is C20H21NO4. The summed E-state index contributed by atoms with van der Waals surface area (Å²) in [4.78, 5) is 26.1. The zero-order chi connectivity index (χ0) is 17.8. The molecule has 0 radical (unpaired) electrons. The van der Waals surface area contributed by atoms with Gasteiger partial charge in [0.15, 0.2) is 5.78 Å². The number of rotatable bonds is 5. The summed E-state index contributed by atoms with van der Waals surface area (Å²) in [7, 11) is 1.63. The molecule has 1 aliphatic rings. The minimum Gasteiger partial charge on any atom is -0.497 e. The van der Waals surface area contributed by atoms with Crippen molar-refractivity contribution in [1.29, 1.82) is 0 Å². The van der Waals surface area contributed by atoms with Gasteiger partial charge in [-0.25, -0.2) is 0 Å². The van der Waals surface area contributed by atoms with Crippen molar-refractivity contribution in [2.24, 2.45) is 0 Å². The van der Waals surface area contributed by atoms with Crippen LogP contribution < -0.4 is 14.4 Å². The highest BCUT2D eigenvalue weighted by Crippen LogP contribution is 2.33. The number of fused-ring (bicyclic) bond motifs is 1. The molecule has 2 aromatic carbocycles. The highest BCUT2D eigenvalue weighted by molar-refractivity contribution is 5.99. The van der Waals surface area contributed by atoms with Gasteiger partial charge in [-0.05, 0) is 49.2 Å². The number of ketones is 1. The number of carbonyl (C=O) groups excluding carboxylic acids is 2. The van der Waals surface area contributed by atoms with Crippen molar-refractivity contribution >= 4 is 17.4 Å². The molecule has 0 fully saturated rings. The van der Waals surface area contributed by atoms with Crippen molar-refractivity contribution in [2.75, 3.05) is 25.2 Å². The molecule has 1 amide bonds. The topological polar surface area (TPSA) is 55.8 Å². The zero-order valence-electron chi connectivity index (χ0n) is 14.5. The predicted octanol–water partition coefficient (Wildman–Crippen LogP) is 3.26. The Morgan fingerprint density at radius 2 is 2.04 bits per heavy atom. The number of ether oxygens (including phenoxy) is 2. The molecule has 0 saturated heterocycles. The van der Waals surface area contributed by atoms with E-state index >= 15 is 0 Å². The van der Waals surface area contributed by atoms with E-state index in [1.54, 1.807) is 30.2 Å². The van der Waals surface area contributed by atoms with Gasteiger partial charge in [-0.15, -0.1) is 0 Å². The smallest absolute Gasteiger partial charge is 0.227 e. The summed E-state index contributed by atoms with van der Waals surface area (Å²) in [5.74, 6) is 1.42. The summed E-state index contributed by atoms with van der Waals surface area (Å²) >= 11 is 0. The highest BCUT2D eigenvalue weighted by atomic mass is 16.5. The number of carbonyl (C=O) groups is 2. The number of nitrogens with zero attached hydrogens (tertiary/aromatic N) is 1. The summed E-state index contributed by atoms with van der Waals surface area (Å²) in [6.07, 6.45) is 1.02. The van der Waals surface area contributed by atoms with Crippen molar-refractivity contribution in [3.63, 3.8) is 0 Å². The number of anilines is 1. The van der Waals surface area contributed by atoms with Gasteiger partial charge in [-0.1, -0.05) is 12.1 Å². The van der Waals surface area contributed by atoms with E-state index < -0.39 is 0 Å². The summed E-state index contributed by atoms with van der Waals surface area (Å²) < 4.78 is 10.8. The molecule has 0 N–H and O–H groups in total. The Morgan fingerprint density at radius 3 is 2.80 bits per heavy atom. The summed E-state index contributed by atoms with van der Waals surface area (Å²) in [5, 5.41) is 0. The van der Waals surface area contributed by atoms with Gasteiger partial charge in [0.25, 0.3) is 0 Å². The minimum absolute atomic E-state index is 0.0214. The average molecular weight is 339 g/mol. The van der Waals surface area contributed by atoms with Gasteiger partial charge in [0.1, 0.15) is 18.1 Å². The third-order valence-corrected chi connectivity index (χ3v) is 4.29. The molecule has 0 saturated carbocycles. The number of methoxy groups -OCH3 is 1. The van der Waals surface area contributed by atoms with E-state index in [0.29, 0.717) is 43.0 Å². The Labute approximate surface area is 147 Å². The lowest BCUT2D eigenvalue weighted by Gasteiger charge is -2.30. The van der Waals surface area contributed by atoms with Crippen LogP contribution in [0.4, 0.5) is 5.69 Å². The second-order valence-corrected chi connectivity index (χ2v) is 5.98. The molecule has 0 spiro atoms. The van der Waals surface area contributed by atoms with Crippen molar-refractivity contribution < 1.29 is 19.1 Å². The fourth-order valence-electron chi connectivity index (χ4n) is 2.91. The van der Waals surface area contributed by atoms with Crippen LogP contribution in [0.5, 0.6) is 11.5 Å². The molecule has 0 aromatic heterocycles. The molecule has 0 atom stereocenters. The number of hydrogen-bond acceptors (Lipinski definition) is 4. The Kier molecular flexibility index (Phi) is 5.03. The maximum Gasteiger partial charge on any atom is 0.227 e. The Morgan fingerprint density at radius 1 is 1.20 bits per heavy atom. The lowest BCUT2D eigenvalue weighted by molar-refractivity contribution is -0.118. The SMILES string of the molecule is COc1cccc(CCC(=O)N2CCOc3ccc(C(C)=O)cc32)c1. The molecule has 0 aliphatic carbocycles. The van der Waals surface area contributed by atoms with Crippen molar-refractivity contribution in [3.8, 4) is 11.5 Å². The predicted molar refractivity (Wildman–Crippen MR) is 95.6 cm³/mol. The fraction of sp³-hybridized carbons (Fsp3) is 0.300. The Bertz CT molecular complexity index is 800. The number of Topliss-reactive ketones (excluding diaryl/α,β-unsaturated/α-hetero) is 1. The summed E-state index contributed by atoms with van der Waals surface area (Å²) in [6.45, 7) is 2.46. The monoisotopic (exact) mass is 339 g/mol. The molecule has 25 heavy (non-hydrogen) atoms. The van der Waals surface area contributed by atoms with E-state index in [0.717, 1.165) is 11.3 Å². The molecular weight excluding hydrogens is 318 g/mol. The lowest BCUT2D eigenvalue weighted by Crippen LogP contribution is -2.38. The third kappa shape index (κ3) is 3.82. The zero-order valence-corrected chi connectivity index (χ0v) is 14.5. The Balaban J connectivity index is 1.75. The standard InChI is InChI=1S/C20H21NO4/c1-14(22)16-7-8-19-18(13-16)21(10-11-25-19)20(23)9-6-15-4-3-5-17(12-15)24-2/h3-5,7-8,12-13H,6,9-11H2,1-2H3. The molecule has 0 unspecified atom stereocenters. The van der Waals surface area contributed by atoms with Gasteiger partial charge in [-0.2, -0.15) is 0 Å². The average Bonchev–Trinajstić information content (AvgIpc) is 2.65. The number of hydrogen-bond donors (Lipinski definition) is 0. The van der Waals surface area contributed by atoms with Crippen LogP contribution in [0.2, 0.25) is 0 Å². The van der Waals surface area contributed by atoms with Gasteiger partial charge in [0, 0.05) is 12.0 Å². The van der Waals surface area contributed by atoms with E-state index in [4.69, 9.17) is 9.47 Å². The van der Waals surface area contributed by atoms with E-state index in [1.807, 2.05) is 24.3 Å². The van der Waals surface area contributed by atoms with E-state index in [9.17, 15) is 9.59 Å². The maximum atomic E-state index is 12.7. The molecule has 3 rings (SSSR count). The first kappa shape index (κ1) is 17.0. The van der Waals surface area contributed by atoms with Crippen molar-refractivity contribution in [1.82, 2.24) is 0 Å². The number of aryl methyl sites for hydroxylation is 1. The molecule has 2 aromatic rings. The Hall–Kier alpha value is -2.82. The van der Waals surface area contributed by atoms with Crippen LogP contribution in [0.15, 0.2) is 42.5 Å². The van der Waals surface area contributed by atoms with Crippen molar-refractivity contribution in [3.05, 3.63) is 53.6 Å².